The van der Waals surface area contributed by atoms with Gasteiger partial charge in [-0.1, -0.05) is 12.1 Å². The lowest BCUT2D eigenvalue weighted by Crippen LogP contribution is -2.27. The summed E-state index contributed by atoms with van der Waals surface area (Å²) in [6.45, 7) is 3.51. The second-order valence-electron chi connectivity index (χ2n) is 4.96. The maximum Gasteiger partial charge on any atom is 0.231 e. The Morgan fingerprint density at radius 1 is 1.17 bits per heavy atom. The van der Waals surface area contributed by atoms with Crippen LogP contribution in [0.3, 0.4) is 0 Å². The Morgan fingerprint density at radius 3 is 2.91 bits per heavy atom. The quantitative estimate of drug-likeness (QED) is 0.821. The first kappa shape index (κ1) is 15.4. The van der Waals surface area contributed by atoms with Crippen LogP contribution >= 0.6 is 12.2 Å². The monoisotopic (exact) mass is 330 g/mol. The summed E-state index contributed by atoms with van der Waals surface area (Å²) in [4.78, 5) is 0. The summed E-state index contributed by atoms with van der Waals surface area (Å²) < 4.78 is 16.1. The van der Waals surface area contributed by atoms with Gasteiger partial charge in [-0.3, -0.25) is 0 Å². The molecule has 0 spiro atoms. The molecule has 0 unspecified atom stereocenters. The minimum Gasteiger partial charge on any atom is -0.494 e. The normalized spacial score (nSPS) is 11.9. The molecule has 0 atom stereocenters. The van der Waals surface area contributed by atoms with Gasteiger partial charge in [0.15, 0.2) is 16.6 Å². The maximum absolute atomic E-state index is 5.49. The molecule has 1 aliphatic heterocycles. The molecule has 0 radical (unpaired) electrons. The maximum atomic E-state index is 5.49. The first-order valence-corrected chi connectivity index (χ1v) is 7.81. The molecule has 23 heavy (non-hydrogen) atoms. The predicted molar refractivity (Wildman–Crippen MR) is 93.2 cm³/mol. The molecule has 2 aromatic carbocycles. The van der Waals surface area contributed by atoms with Crippen LogP contribution in [-0.2, 0) is 6.54 Å². The van der Waals surface area contributed by atoms with Gasteiger partial charge in [0.1, 0.15) is 5.75 Å². The first-order valence-electron chi connectivity index (χ1n) is 7.41. The van der Waals surface area contributed by atoms with Crippen LogP contribution in [0.25, 0.3) is 0 Å². The molecular formula is C17H18N2O3S. The van der Waals surface area contributed by atoms with E-state index < -0.39 is 0 Å². The van der Waals surface area contributed by atoms with Crippen molar-refractivity contribution in [1.29, 1.82) is 0 Å². The third kappa shape index (κ3) is 4.04. The fourth-order valence-corrected chi connectivity index (χ4v) is 2.43. The summed E-state index contributed by atoms with van der Waals surface area (Å²) in [5, 5.41) is 6.86. The van der Waals surface area contributed by atoms with Gasteiger partial charge in [-0.05, 0) is 49.0 Å². The summed E-state index contributed by atoms with van der Waals surface area (Å²) in [6.07, 6.45) is 0. The van der Waals surface area contributed by atoms with Gasteiger partial charge in [0.2, 0.25) is 6.79 Å². The second kappa shape index (κ2) is 7.19. The molecule has 0 aliphatic carbocycles. The topological polar surface area (TPSA) is 51.8 Å². The van der Waals surface area contributed by atoms with E-state index in [0.29, 0.717) is 18.3 Å². The summed E-state index contributed by atoms with van der Waals surface area (Å²) in [7, 11) is 0. The molecular weight excluding hydrogens is 312 g/mol. The van der Waals surface area contributed by atoms with Gasteiger partial charge in [-0.15, -0.1) is 0 Å². The Morgan fingerprint density at radius 2 is 2.04 bits per heavy atom. The van der Waals surface area contributed by atoms with Crippen LogP contribution in [0, 0.1) is 0 Å². The predicted octanol–water partition coefficient (Wildman–Crippen LogP) is 3.30. The smallest absolute Gasteiger partial charge is 0.231 e. The third-order valence-electron chi connectivity index (χ3n) is 3.29. The molecule has 0 aromatic heterocycles. The molecule has 0 saturated heterocycles. The lowest BCUT2D eigenvalue weighted by molar-refractivity contribution is 0.174. The minimum absolute atomic E-state index is 0.262. The lowest BCUT2D eigenvalue weighted by Gasteiger charge is -2.12. The molecule has 0 saturated carbocycles. The van der Waals surface area contributed by atoms with Gasteiger partial charge in [0.05, 0.1) is 6.61 Å². The number of anilines is 1. The standard InChI is InChI=1S/C17H18N2O3S/c1-2-20-14-5-3-4-12(8-14)10-18-17(23)19-13-6-7-15-16(9-13)22-11-21-15/h3-9H,2,10-11H2,1H3,(H2,18,19,23). The molecule has 0 amide bonds. The van der Waals surface area contributed by atoms with Crippen molar-refractivity contribution >= 4 is 23.0 Å². The van der Waals surface area contributed by atoms with Crippen molar-refractivity contribution in [3.8, 4) is 17.2 Å². The van der Waals surface area contributed by atoms with Crippen LogP contribution in [0.2, 0.25) is 0 Å². The first-order chi connectivity index (χ1) is 11.2. The largest absolute Gasteiger partial charge is 0.494 e. The lowest BCUT2D eigenvalue weighted by atomic mass is 10.2. The van der Waals surface area contributed by atoms with Gasteiger partial charge >= 0.3 is 0 Å². The van der Waals surface area contributed by atoms with E-state index in [0.717, 1.165) is 28.5 Å². The number of nitrogens with one attached hydrogen (secondary N) is 2. The van der Waals surface area contributed by atoms with Crippen molar-refractivity contribution in [2.75, 3.05) is 18.7 Å². The van der Waals surface area contributed by atoms with Crippen LogP contribution in [-0.4, -0.2) is 18.5 Å². The van der Waals surface area contributed by atoms with Gasteiger partial charge in [0, 0.05) is 18.3 Å². The van der Waals surface area contributed by atoms with Gasteiger partial charge in [0.25, 0.3) is 0 Å². The van der Waals surface area contributed by atoms with Gasteiger partial charge < -0.3 is 24.8 Å². The van der Waals surface area contributed by atoms with E-state index in [1.165, 1.54) is 0 Å². The third-order valence-corrected chi connectivity index (χ3v) is 3.54. The minimum atomic E-state index is 0.262. The number of fused-ring (bicyclic) bond motifs is 1. The number of thiocarbonyl (C=S) groups is 1. The molecule has 3 rings (SSSR count). The van der Waals surface area contributed by atoms with Crippen molar-refractivity contribution in [2.45, 2.75) is 13.5 Å². The van der Waals surface area contributed by atoms with Crippen molar-refractivity contribution in [1.82, 2.24) is 5.32 Å². The Balaban J connectivity index is 1.54. The van der Waals surface area contributed by atoms with Crippen LogP contribution in [0.5, 0.6) is 17.2 Å². The van der Waals surface area contributed by atoms with E-state index in [9.17, 15) is 0 Å². The Labute approximate surface area is 140 Å². The zero-order valence-corrected chi connectivity index (χ0v) is 13.6. The van der Waals surface area contributed by atoms with E-state index in [2.05, 4.69) is 10.6 Å². The molecule has 6 heteroatoms. The van der Waals surface area contributed by atoms with Gasteiger partial charge in [-0.25, -0.2) is 0 Å². The molecule has 1 heterocycles. The highest BCUT2D eigenvalue weighted by molar-refractivity contribution is 7.80. The highest BCUT2D eigenvalue weighted by atomic mass is 32.1. The van der Waals surface area contributed by atoms with Gasteiger partial charge in [-0.2, -0.15) is 0 Å². The van der Waals surface area contributed by atoms with E-state index in [1.807, 2.05) is 49.4 Å². The highest BCUT2D eigenvalue weighted by Crippen LogP contribution is 2.34. The molecule has 2 N–H and O–H groups in total. The average molecular weight is 330 g/mol. The van der Waals surface area contributed by atoms with Crippen LogP contribution in [0.15, 0.2) is 42.5 Å². The molecule has 5 nitrogen and oxygen atoms in total. The number of rotatable bonds is 5. The van der Waals surface area contributed by atoms with Crippen molar-refractivity contribution < 1.29 is 14.2 Å². The molecule has 0 fully saturated rings. The average Bonchev–Trinajstić information content (AvgIpc) is 3.01. The molecule has 0 bridgehead atoms. The van der Waals surface area contributed by atoms with E-state index in [1.54, 1.807) is 0 Å². The van der Waals surface area contributed by atoms with Crippen molar-refractivity contribution in [3.05, 3.63) is 48.0 Å². The summed E-state index contributed by atoms with van der Waals surface area (Å²) >= 11 is 5.32. The Bertz CT molecular complexity index is 706. The molecule has 1 aliphatic rings. The summed E-state index contributed by atoms with van der Waals surface area (Å²) in [5.41, 5.74) is 1.96. The van der Waals surface area contributed by atoms with Crippen LogP contribution in [0.1, 0.15) is 12.5 Å². The zero-order chi connectivity index (χ0) is 16.1. The number of hydrogen-bond donors (Lipinski definition) is 2. The van der Waals surface area contributed by atoms with E-state index in [4.69, 9.17) is 26.4 Å². The highest BCUT2D eigenvalue weighted by Gasteiger charge is 2.13. The molecule has 2 aromatic rings. The SMILES string of the molecule is CCOc1cccc(CNC(=S)Nc2ccc3c(c2)OCO3)c1. The number of benzene rings is 2. The van der Waals surface area contributed by atoms with E-state index >= 15 is 0 Å². The summed E-state index contributed by atoms with van der Waals surface area (Å²) in [5.74, 6) is 2.34. The van der Waals surface area contributed by atoms with Crippen LogP contribution < -0.4 is 24.8 Å². The Kier molecular flexibility index (Phi) is 4.83. The summed E-state index contributed by atoms with van der Waals surface area (Å²) in [6, 6.07) is 13.6. The van der Waals surface area contributed by atoms with Crippen molar-refractivity contribution in [3.63, 3.8) is 0 Å². The van der Waals surface area contributed by atoms with Crippen molar-refractivity contribution in [2.24, 2.45) is 0 Å². The number of hydrogen-bond acceptors (Lipinski definition) is 4. The zero-order valence-electron chi connectivity index (χ0n) is 12.8. The molecule has 120 valence electrons. The fraction of sp³-hybridized carbons (Fsp3) is 0.235. The second-order valence-corrected chi connectivity index (χ2v) is 5.36. The Hall–Kier alpha value is -2.47. The van der Waals surface area contributed by atoms with E-state index in [-0.39, 0.29) is 6.79 Å². The fourth-order valence-electron chi connectivity index (χ4n) is 2.24. The number of ether oxygens (including phenoxy) is 3. The van der Waals surface area contributed by atoms with Crippen LogP contribution in [0.4, 0.5) is 5.69 Å².